The molecule has 0 aliphatic rings. The van der Waals surface area contributed by atoms with E-state index in [0.29, 0.717) is 27.9 Å². The molecule has 5 aromatic rings. The predicted molar refractivity (Wildman–Crippen MR) is 130 cm³/mol. The Morgan fingerprint density at radius 2 is 1.66 bits per heavy atom. The van der Waals surface area contributed by atoms with E-state index in [4.69, 9.17) is 17.3 Å². The summed E-state index contributed by atoms with van der Waals surface area (Å²) < 4.78 is 2.14. The Labute approximate surface area is 190 Å². The smallest absolute Gasteiger partial charge is 0.249 e. The second-order valence-electron chi connectivity index (χ2n) is 7.97. The Balaban J connectivity index is 1.86. The number of aryl methyl sites for hydroxylation is 1. The maximum Gasteiger partial charge on any atom is 0.249 e. The van der Waals surface area contributed by atoms with E-state index < -0.39 is 5.91 Å². The molecule has 158 valence electrons. The first kappa shape index (κ1) is 20.2. The largest absolute Gasteiger partial charge is 0.507 e. The lowest BCUT2D eigenvalue weighted by Gasteiger charge is -2.12. The minimum Gasteiger partial charge on any atom is -0.507 e. The van der Waals surface area contributed by atoms with Crippen LogP contribution in [0.15, 0.2) is 78.9 Å². The maximum atomic E-state index is 12.2. The van der Waals surface area contributed by atoms with E-state index in [0.717, 1.165) is 27.7 Å². The fourth-order valence-electron chi connectivity index (χ4n) is 4.38. The van der Waals surface area contributed by atoms with Gasteiger partial charge in [0.1, 0.15) is 5.75 Å². The minimum absolute atomic E-state index is 0.106. The summed E-state index contributed by atoms with van der Waals surface area (Å²) in [6.45, 7) is 2.67. The van der Waals surface area contributed by atoms with Crippen molar-refractivity contribution in [3.63, 3.8) is 0 Å². The Morgan fingerprint density at radius 1 is 0.906 bits per heavy atom. The molecule has 0 aliphatic heterocycles. The summed E-state index contributed by atoms with van der Waals surface area (Å²) in [4.78, 5) is 12.2. The zero-order valence-corrected chi connectivity index (χ0v) is 18.2. The molecule has 0 radical (unpaired) electrons. The summed E-state index contributed by atoms with van der Waals surface area (Å²) in [6, 6.07) is 25.0. The van der Waals surface area contributed by atoms with Gasteiger partial charge in [-0.1, -0.05) is 54.1 Å². The number of hydrogen-bond donors (Lipinski definition) is 2. The van der Waals surface area contributed by atoms with E-state index in [9.17, 15) is 9.90 Å². The van der Waals surface area contributed by atoms with Crippen LogP contribution in [0.5, 0.6) is 5.75 Å². The summed E-state index contributed by atoms with van der Waals surface area (Å²) in [7, 11) is 0. The number of aromatic nitrogens is 1. The number of primary amides is 1. The summed E-state index contributed by atoms with van der Waals surface area (Å²) >= 11 is 6.06. The van der Waals surface area contributed by atoms with Crippen molar-refractivity contribution < 1.29 is 9.90 Å². The number of halogens is 1. The van der Waals surface area contributed by atoms with Gasteiger partial charge < -0.3 is 15.4 Å². The third-order valence-electron chi connectivity index (χ3n) is 6.00. The first-order valence-corrected chi connectivity index (χ1v) is 10.7. The predicted octanol–water partition coefficient (Wildman–Crippen LogP) is 6.28. The fourth-order valence-corrected chi connectivity index (χ4v) is 4.51. The van der Waals surface area contributed by atoms with Gasteiger partial charge in [0, 0.05) is 22.5 Å². The van der Waals surface area contributed by atoms with Crippen LogP contribution >= 0.6 is 11.6 Å². The number of benzene rings is 4. The van der Waals surface area contributed by atoms with Crippen LogP contribution in [0.1, 0.15) is 21.5 Å². The van der Waals surface area contributed by atoms with Gasteiger partial charge >= 0.3 is 0 Å². The molecule has 4 aromatic carbocycles. The van der Waals surface area contributed by atoms with Crippen LogP contribution in [0.2, 0.25) is 5.02 Å². The molecule has 0 fully saturated rings. The van der Waals surface area contributed by atoms with Crippen molar-refractivity contribution in [2.75, 3.05) is 0 Å². The molecule has 0 bridgehead atoms. The van der Waals surface area contributed by atoms with E-state index in [1.54, 1.807) is 12.1 Å². The number of amides is 1. The highest BCUT2D eigenvalue weighted by Gasteiger charge is 2.20. The van der Waals surface area contributed by atoms with Gasteiger partial charge in [0.05, 0.1) is 16.4 Å². The van der Waals surface area contributed by atoms with Crippen molar-refractivity contribution in [2.45, 2.75) is 13.5 Å². The van der Waals surface area contributed by atoms with Gasteiger partial charge in [0.25, 0.3) is 0 Å². The monoisotopic (exact) mass is 440 g/mol. The minimum atomic E-state index is -0.522. The lowest BCUT2D eigenvalue weighted by Crippen LogP contribution is -2.11. The van der Waals surface area contributed by atoms with E-state index >= 15 is 0 Å². The zero-order valence-electron chi connectivity index (χ0n) is 17.5. The highest BCUT2D eigenvalue weighted by Crippen LogP contribution is 2.40. The van der Waals surface area contributed by atoms with Crippen LogP contribution in [0.25, 0.3) is 32.9 Å². The van der Waals surface area contributed by atoms with Crippen molar-refractivity contribution in [3.8, 4) is 16.9 Å². The third-order valence-corrected chi connectivity index (χ3v) is 6.26. The van der Waals surface area contributed by atoms with Gasteiger partial charge in [-0.2, -0.15) is 0 Å². The van der Waals surface area contributed by atoms with Crippen molar-refractivity contribution >= 4 is 39.3 Å². The molecule has 0 unspecified atom stereocenters. The first-order chi connectivity index (χ1) is 15.4. The average molecular weight is 441 g/mol. The highest BCUT2D eigenvalue weighted by molar-refractivity contribution is 6.30. The van der Waals surface area contributed by atoms with Crippen molar-refractivity contribution in [2.24, 2.45) is 5.73 Å². The van der Waals surface area contributed by atoms with Crippen LogP contribution < -0.4 is 5.73 Å². The normalized spacial score (nSPS) is 11.3. The molecule has 5 rings (SSSR count). The van der Waals surface area contributed by atoms with E-state index in [1.165, 1.54) is 5.56 Å². The number of nitrogens with zero attached hydrogens (tertiary/aromatic N) is 1. The van der Waals surface area contributed by atoms with Gasteiger partial charge in [0.15, 0.2) is 0 Å². The molecule has 1 heterocycles. The topological polar surface area (TPSA) is 68.2 Å². The molecule has 0 spiro atoms. The Kier molecular flexibility index (Phi) is 4.87. The molecule has 4 nitrogen and oxygen atoms in total. The summed E-state index contributed by atoms with van der Waals surface area (Å²) in [5, 5.41) is 13.1. The molecule has 3 N–H and O–H groups in total. The SMILES string of the molecule is Cc1ccccc1Cn1c2cc(-c3ccc(Cl)cc3)cc(O)c2c2c(C(N)=O)cccc21. The Bertz CT molecular complexity index is 1500. The summed E-state index contributed by atoms with van der Waals surface area (Å²) in [5.41, 5.74) is 11.9. The molecular weight excluding hydrogens is 420 g/mol. The molecule has 1 amide bonds. The lowest BCUT2D eigenvalue weighted by atomic mass is 10.0. The number of fused-ring (bicyclic) bond motifs is 3. The van der Waals surface area contributed by atoms with Crippen molar-refractivity contribution in [3.05, 3.63) is 101 Å². The number of carbonyl (C=O) groups is 1. The number of aromatic hydroxyl groups is 1. The number of phenolic OH excluding ortho intramolecular Hbond substituents is 1. The molecule has 0 saturated carbocycles. The molecule has 0 atom stereocenters. The molecular formula is C27H21ClN2O2. The fraction of sp³-hybridized carbons (Fsp3) is 0.0741. The highest BCUT2D eigenvalue weighted by atomic mass is 35.5. The summed E-state index contributed by atoms with van der Waals surface area (Å²) in [5.74, 6) is -0.415. The molecule has 0 saturated heterocycles. The number of carbonyl (C=O) groups excluding carboxylic acids is 1. The molecule has 32 heavy (non-hydrogen) atoms. The molecule has 1 aromatic heterocycles. The maximum absolute atomic E-state index is 12.2. The van der Waals surface area contributed by atoms with Crippen LogP contribution in [0.3, 0.4) is 0 Å². The number of hydrogen-bond acceptors (Lipinski definition) is 2. The van der Waals surface area contributed by atoms with Crippen molar-refractivity contribution in [1.82, 2.24) is 4.57 Å². The van der Waals surface area contributed by atoms with Crippen LogP contribution in [-0.4, -0.2) is 15.6 Å². The van der Waals surface area contributed by atoms with Gasteiger partial charge in [-0.3, -0.25) is 4.79 Å². The van der Waals surface area contributed by atoms with E-state index in [2.05, 4.69) is 23.6 Å². The average Bonchev–Trinajstić information content (AvgIpc) is 3.09. The van der Waals surface area contributed by atoms with E-state index in [-0.39, 0.29) is 5.75 Å². The Hall–Kier alpha value is -3.76. The van der Waals surface area contributed by atoms with Crippen LogP contribution in [0, 0.1) is 6.92 Å². The quantitative estimate of drug-likeness (QED) is 0.345. The molecule has 0 aliphatic carbocycles. The second-order valence-corrected chi connectivity index (χ2v) is 8.41. The van der Waals surface area contributed by atoms with Gasteiger partial charge in [-0.25, -0.2) is 0 Å². The standard InChI is InChI=1S/C27H21ClN2O2/c1-16-5-2-3-6-18(16)15-30-22-8-4-7-21(27(29)32)25(22)26-23(30)13-19(14-24(26)31)17-9-11-20(28)12-10-17/h2-14,31H,15H2,1H3,(H2,29,32). The third kappa shape index (κ3) is 3.29. The first-order valence-electron chi connectivity index (χ1n) is 10.3. The van der Waals surface area contributed by atoms with Crippen LogP contribution in [-0.2, 0) is 6.54 Å². The zero-order chi connectivity index (χ0) is 22.4. The van der Waals surface area contributed by atoms with Gasteiger partial charge in [-0.15, -0.1) is 0 Å². The van der Waals surface area contributed by atoms with E-state index in [1.807, 2.05) is 54.6 Å². The van der Waals surface area contributed by atoms with Crippen molar-refractivity contribution in [1.29, 1.82) is 0 Å². The number of phenols is 1. The van der Waals surface area contributed by atoms with Gasteiger partial charge in [-0.05, 0) is 65.6 Å². The van der Waals surface area contributed by atoms with Gasteiger partial charge in [0.2, 0.25) is 5.91 Å². The Morgan fingerprint density at radius 3 is 2.38 bits per heavy atom. The summed E-state index contributed by atoms with van der Waals surface area (Å²) in [6.07, 6.45) is 0. The molecule has 5 heteroatoms. The van der Waals surface area contributed by atoms with Crippen LogP contribution in [0.4, 0.5) is 0 Å². The number of nitrogens with two attached hydrogens (primary N) is 1. The number of rotatable bonds is 4. The lowest BCUT2D eigenvalue weighted by molar-refractivity contribution is 0.100. The second kappa shape index (κ2) is 7.74.